The van der Waals surface area contributed by atoms with Gasteiger partial charge in [0.25, 0.3) is 5.91 Å². The first-order chi connectivity index (χ1) is 10.3. The molecule has 1 amide bonds. The van der Waals surface area contributed by atoms with Gasteiger partial charge in [0.2, 0.25) is 0 Å². The van der Waals surface area contributed by atoms with E-state index in [9.17, 15) is 22.4 Å². The number of hydrogen-bond acceptors (Lipinski definition) is 2. The summed E-state index contributed by atoms with van der Waals surface area (Å²) < 4.78 is 53.0. The zero-order chi connectivity index (χ0) is 16.4. The molecule has 22 heavy (non-hydrogen) atoms. The Labute approximate surface area is 123 Å². The van der Waals surface area contributed by atoms with Gasteiger partial charge in [-0.1, -0.05) is 17.7 Å². The van der Waals surface area contributed by atoms with Crippen LogP contribution in [0.25, 0.3) is 0 Å². The number of nitrogens with one attached hydrogen (secondary N) is 2. The van der Waals surface area contributed by atoms with Crippen molar-refractivity contribution in [3.05, 3.63) is 64.2 Å². The number of anilines is 1. The van der Waals surface area contributed by atoms with Crippen molar-refractivity contribution in [2.24, 2.45) is 0 Å². The lowest BCUT2D eigenvalue weighted by Gasteiger charge is -2.12. The lowest BCUT2D eigenvalue weighted by molar-refractivity contribution is 0.0961. The van der Waals surface area contributed by atoms with E-state index in [0.717, 1.165) is 5.56 Å². The molecule has 0 radical (unpaired) electrons. The van der Waals surface area contributed by atoms with E-state index in [1.54, 1.807) is 32.0 Å². The molecule has 0 bridgehead atoms. The summed E-state index contributed by atoms with van der Waals surface area (Å²) in [5.74, 6) is -7.07. The van der Waals surface area contributed by atoms with Crippen molar-refractivity contribution >= 4 is 11.6 Å². The maximum atomic E-state index is 13.4. The summed E-state index contributed by atoms with van der Waals surface area (Å²) in [6.07, 6.45) is 0. The quantitative estimate of drug-likeness (QED) is 0.516. The van der Waals surface area contributed by atoms with Gasteiger partial charge >= 0.3 is 0 Å². The summed E-state index contributed by atoms with van der Waals surface area (Å²) in [5.41, 5.74) is 4.51. The fourth-order valence-electron chi connectivity index (χ4n) is 1.85. The molecule has 0 heterocycles. The Bertz CT molecular complexity index is 721. The lowest BCUT2D eigenvalue weighted by Crippen LogP contribution is -2.31. The maximum absolute atomic E-state index is 13.4. The molecular formula is C15H12F4N2O. The third-order valence-corrected chi connectivity index (χ3v) is 3.05. The largest absolute Gasteiger partial charge is 0.293 e. The molecule has 0 saturated heterocycles. The van der Waals surface area contributed by atoms with Crippen LogP contribution in [0.3, 0.4) is 0 Å². The van der Waals surface area contributed by atoms with Crippen LogP contribution in [-0.2, 0) is 0 Å². The van der Waals surface area contributed by atoms with Crippen molar-refractivity contribution < 1.29 is 22.4 Å². The monoisotopic (exact) mass is 312 g/mol. The summed E-state index contributed by atoms with van der Waals surface area (Å²) in [5, 5.41) is 0. The van der Waals surface area contributed by atoms with E-state index in [1.165, 1.54) is 0 Å². The molecule has 0 fully saturated rings. The van der Waals surface area contributed by atoms with Gasteiger partial charge in [0, 0.05) is 11.6 Å². The Kier molecular flexibility index (Phi) is 4.35. The van der Waals surface area contributed by atoms with Crippen molar-refractivity contribution in [3.63, 3.8) is 0 Å². The van der Waals surface area contributed by atoms with Crippen LogP contribution in [0, 0.1) is 37.1 Å². The second-order valence-corrected chi connectivity index (χ2v) is 4.74. The summed E-state index contributed by atoms with van der Waals surface area (Å²) >= 11 is 0. The second-order valence-electron chi connectivity index (χ2n) is 4.74. The van der Waals surface area contributed by atoms with Gasteiger partial charge in [-0.15, -0.1) is 0 Å². The molecule has 0 atom stereocenters. The van der Waals surface area contributed by atoms with E-state index < -0.39 is 34.9 Å². The lowest BCUT2D eigenvalue weighted by atomic mass is 10.1. The highest BCUT2D eigenvalue weighted by atomic mass is 19.2. The number of hydrazine groups is 1. The second kappa shape index (κ2) is 6.05. The van der Waals surface area contributed by atoms with E-state index >= 15 is 0 Å². The Balaban J connectivity index is 2.24. The first-order valence-electron chi connectivity index (χ1n) is 6.28. The van der Waals surface area contributed by atoms with Gasteiger partial charge in [0.15, 0.2) is 23.3 Å². The van der Waals surface area contributed by atoms with Crippen LogP contribution in [0.4, 0.5) is 23.2 Å². The molecule has 0 aliphatic rings. The number of carbonyl (C=O) groups excluding carboxylic acids is 1. The fourth-order valence-corrected chi connectivity index (χ4v) is 1.85. The molecule has 2 aromatic rings. The summed E-state index contributed by atoms with van der Waals surface area (Å²) in [4.78, 5) is 12.0. The van der Waals surface area contributed by atoms with Gasteiger partial charge in [-0.05, 0) is 25.5 Å². The minimum atomic E-state index is -1.62. The minimum Gasteiger partial charge on any atom is -0.293 e. The van der Waals surface area contributed by atoms with E-state index in [1.807, 2.05) is 10.9 Å². The Morgan fingerprint density at radius 3 is 2.14 bits per heavy atom. The van der Waals surface area contributed by atoms with Gasteiger partial charge in [0.05, 0.1) is 0 Å². The molecule has 0 aliphatic carbocycles. The van der Waals surface area contributed by atoms with Crippen molar-refractivity contribution in [1.82, 2.24) is 5.43 Å². The van der Waals surface area contributed by atoms with E-state index in [0.29, 0.717) is 5.56 Å². The standard InChI is InChI=1S/C15H12F4N2O/c1-7-3-4-8(2)9(5-7)15(22)21-20-14-12(18)10(16)6-11(17)13(14)19/h3-6,20H,1-2H3,(H,21,22). The molecule has 2 aromatic carbocycles. The van der Waals surface area contributed by atoms with Gasteiger partial charge in [-0.3, -0.25) is 15.6 Å². The molecule has 3 nitrogen and oxygen atoms in total. The van der Waals surface area contributed by atoms with Gasteiger partial charge in [-0.25, -0.2) is 17.6 Å². The molecule has 0 unspecified atom stereocenters. The minimum absolute atomic E-state index is 0.0857. The highest BCUT2D eigenvalue weighted by Gasteiger charge is 2.20. The number of benzene rings is 2. The third kappa shape index (κ3) is 3.03. The van der Waals surface area contributed by atoms with E-state index in [4.69, 9.17) is 0 Å². The molecule has 0 aliphatic heterocycles. The molecule has 2 N–H and O–H groups in total. The highest BCUT2D eigenvalue weighted by Crippen LogP contribution is 2.23. The average Bonchev–Trinajstić information content (AvgIpc) is 2.47. The predicted molar refractivity (Wildman–Crippen MR) is 73.3 cm³/mol. The van der Waals surface area contributed by atoms with Crippen molar-refractivity contribution in [2.75, 3.05) is 5.43 Å². The number of carbonyl (C=O) groups is 1. The zero-order valence-electron chi connectivity index (χ0n) is 11.7. The molecule has 7 heteroatoms. The molecule has 0 spiro atoms. The van der Waals surface area contributed by atoms with Crippen LogP contribution < -0.4 is 10.9 Å². The summed E-state index contributed by atoms with van der Waals surface area (Å²) in [6.45, 7) is 3.45. The van der Waals surface area contributed by atoms with Crippen LogP contribution in [0.15, 0.2) is 24.3 Å². The summed E-state index contributed by atoms with van der Waals surface area (Å²) in [7, 11) is 0. The number of aryl methyl sites for hydroxylation is 2. The van der Waals surface area contributed by atoms with Gasteiger partial charge < -0.3 is 0 Å². The van der Waals surface area contributed by atoms with Crippen LogP contribution >= 0.6 is 0 Å². The Hall–Kier alpha value is -2.57. The van der Waals surface area contributed by atoms with Crippen molar-refractivity contribution in [2.45, 2.75) is 13.8 Å². The fraction of sp³-hybridized carbons (Fsp3) is 0.133. The van der Waals surface area contributed by atoms with Crippen LogP contribution in [-0.4, -0.2) is 5.91 Å². The zero-order valence-corrected chi connectivity index (χ0v) is 11.7. The van der Waals surface area contributed by atoms with Gasteiger partial charge in [-0.2, -0.15) is 0 Å². The number of amides is 1. The van der Waals surface area contributed by atoms with Gasteiger partial charge in [0.1, 0.15) is 5.69 Å². The number of halogens is 4. The van der Waals surface area contributed by atoms with Crippen molar-refractivity contribution in [1.29, 1.82) is 0 Å². The van der Waals surface area contributed by atoms with Crippen molar-refractivity contribution in [3.8, 4) is 0 Å². The van der Waals surface area contributed by atoms with E-state index in [2.05, 4.69) is 0 Å². The van der Waals surface area contributed by atoms with Crippen LogP contribution in [0.2, 0.25) is 0 Å². The Morgan fingerprint density at radius 2 is 1.55 bits per heavy atom. The smallest absolute Gasteiger partial charge is 0.269 e. The maximum Gasteiger partial charge on any atom is 0.269 e. The first-order valence-corrected chi connectivity index (χ1v) is 6.28. The molecule has 0 saturated carbocycles. The van der Waals surface area contributed by atoms with Crippen LogP contribution in [0.1, 0.15) is 21.5 Å². The SMILES string of the molecule is Cc1ccc(C)c(C(=O)NNc2c(F)c(F)cc(F)c2F)c1. The van der Waals surface area contributed by atoms with E-state index in [-0.39, 0.29) is 11.6 Å². The Morgan fingerprint density at radius 1 is 0.955 bits per heavy atom. The first kappa shape index (κ1) is 15.8. The normalized spacial score (nSPS) is 10.5. The topological polar surface area (TPSA) is 41.1 Å². The third-order valence-electron chi connectivity index (χ3n) is 3.05. The average molecular weight is 312 g/mol. The summed E-state index contributed by atoms with van der Waals surface area (Å²) in [6, 6.07) is 5.15. The predicted octanol–water partition coefficient (Wildman–Crippen LogP) is 3.62. The van der Waals surface area contributed by atoms with Crippen LogP contribution in [0.5, 0.6) is 0 Å². The number of rotatable bonds is 3. The highest BCUT2D eigenvalue weighted by molar-refractivity contribution is 5.96. The molecule has 2 rings (SSSR count). The molecule has 0 aromatic heterocycles. The molecular weight excluding hydrogens is 300 g/mol. The molecule has 116 valence electrons. The number of hydrogen-bond donors (Lipinski definition) is 2.